The quantitative estimate of drug-likeness (QED) is 0.476. The van der Waals surface area contributed by atoms with Gasteiger partial charge in [-0.25, -0.2) is 0 Å². The van der Waals surface area contributed by atoms with Crippen molar-refractivity contribution >= 4 is 28.8 Å². The van der Waals surface area contributed by atoms with Crippen molar-refractivity contribution in [3.63, 3.8) is 0 Å². The van der Waals surface area contributed by atoms with E-state index in [2.05, 4.69) is 59.9 Å². The average Bonchev–Trinajstić information content (AvgIpc) is 2.53. The van der Waals surface area contributed by atoms with Crippen molar-refractivity contribution in [3.05, 3.63) is 66.7 Å². The zero-order valence-corrected chi connectivity index (χ0v) is 12.2. The molecule has 0 saturated heterocycles. The first-order valence-corrected chi connectivity index (χ1v) is 7.66. The van der Waals surface area contributed by atoms with Crippen molar-refractivity contribution in [2.75, 3.05) is 11.1 Å². The van der Waals surface area contributed by atoms with Crippen LogP contribution in [0.1, 0.15) is 0 Å². The predicted octanol–water partition coefficient (Wildman–Crippen LogP) is 5.14. The number of hydrogen-bond donors (Lipinski definition) is 2. The Bertz CT molecular complexity index is 810. The van der Waals surface area contributed by atoms with Crippen LogP contribution < -0.4 is 11.1 Å². The highest BCUT2D eigenvalue weighted by atomic mass is 32.2. The molecular weight excluding hydrogens is 276 g/mol. The van der Waals surface area contributed by atoms with Gasteiger partial charge in [0.25, 0.3) is 0 Å². The number of nitrogens with two attached hydrogens (primary N) is 1. The van der Waals surface area contributed by atoms with E-state index in [1.165, 1.54) is 26.6 Å². The van der Waals surface area contributed by atoms with Gasteiger partial charge in [0.2, 0.25) is 0 Å². The zero-order valence-electron chi connectivity index (χ0n) is 11.3. The van der Waals surface area contributed by atoms with Crippen molar-refractivity contribution < 1.29 is 0 Å². The van der Waals surface area contributed by atoms with Crippen LogP contribution in [0.2, 0.25) is 0 Å². The third kappa shape index (κ3) is 2.16. The first-order valence-electron chi connectivity index (χ1n) is 6.84. The molecule has 0 fully saturated rings. The first kappa shape index (κ1) is 12.4. The molecule has 0 bridgehead atoms. The maximum absolute atomic E-state index is 5.79. The lowest BCUT2D eigenvalue weighted by atomic mass is 10.0. The van der Waals surface area contributed by atoms with Crippen LogP contribution in [0.15, 0.2) is 76.5 Å². The molecule has 0 amide bonds. The standard InChI is InChI=1S/C18H14N2S/c19-13-10-8-12(9-11-13)14-4-3-7-17-18(14)20-15-5-1-2-6-16(15)21-17/h1-11,20H,19H2. The normalized spacial score (nSPS) is 12.2. The summed E-state index contributed by atoms with van der Waals surface area (Å²) in [5.74, 6) is 0. The lowest BCUT2D eigenvalue weighted by Gasteiger charge is -2.23. The highest BCUT2D eigenvalue weighted by molar-refractivity contribution is 7.99. The van der Waals surface area contributed by atoms with Crippen LogP contribution in [0.5, 0.6) is 0 Å². The number of anilines is 3. The van der Waals surface area contributed by atoms with E-state index in [9.17, 15) is 0 Å². The molecule has 2 nitrogen and oxygen atoms in total. The van der Waals surface area contributed by atoms with Gasteiger partial charge >= 0.3 is 0 Å². The van der Waals surface area contributed by atoms with Crippen molar-refractivity contribution in [2.24, 2.45) is 0 Å². The van der Waals surface area contributed by atoms with Gasteiger partial charge in [0.05, 0.1) is 11.4 Å². The van der Waals surface area contributed by atoms with E-state index in [0.29, 0.717) is 0 Å². The molecule has 4 rings (SSSR count). The molecule has 0 spiro atoms. The summed E-state index contributed by atoms with van der Waals surface area (Å²) >= 11 is 1.81. The number of nitrogens with one attached hydrogen (secondary N) is 1. The zero-order chi connectivity index (χ0) is 14.2. The first-order chi connectivity index (χ1) is 10.3. The molecule has 102 valence electrons. The minimum absolute atomic E-state index is 0.788. The molecule has 0 saturated carbocycles. The second-order valence-corrected chi connectivity index (χ2v) is 6.11. The van der Waals surface area contributed by atoms with E-state index in [4.69, 9.17) is 5.73 Å². The molecule has 1 aliphatic heterocycles. The molecule has 0 radical (unpaired) electrons. The minimum Gasteiger partial charge on any atom is -0.399 e. The van der Waals surface area contributed by atoms with Crippen LogP contribution in [-0.2, 0) is 0 Å². The molecule has 3 heteroatoms. The summed E-state index contributed by atoms with van der Waals surface area (Å²) < 4.78 is 0. The van der Waals surface area contributed by atoms with Crippen LogP contribution in [-0.4, -0.2) is 0 Å². The number of fused-ring (bicyclic) bond motifs is 2. The molecule has 3 N–H and O–H groups in total. The summed E-state index contributed by atoms with van der Waals surface area (Å²) in [5.41, 5.74) is 11.3. The van der Waals surface area contributed by atoms with Crippen molar-refractivity contribution in [2.45, 2.75) is 9.79 Å². The smallest absolute Gasteiger partial charge is 0.0606 e. The van der Waals surface area contributed by atoms with Crippen molar-refractivity contribution in [3.8, 4) is 11.1 Å². The maximum Gasteiger partial charge on any atom is 0.0606 e. The molecule has 21 heavy (non-hydrogen) atoms. The van der Waals surface area contributed by atoms with E-state index in [1.54, 1.807) is 0 Å². The Hall–Kier alpha value is -2.39. The van der Waals surface area contributed by atoms with Gasteiger partial charge in [-0.2, -0.15) is 0 Å². The highest BCUT2D eigenvalue weighted by Gasteiger charge is 2.18. The van der Waals surface area contributed by atoms with E-state index in [1.807, 2.05) is 23.9 Å². The van der Waals surface area contributed by atoms with Crippen LogP contribution in [0.25, 0.3) is 11.1 Å². The molecule has 1 aliphatic rings. The topological polar surface area (TPSA) is 38.0 Å². The van der Waals surface area contributed by atoms with Gasteiger partial charge in [-0.3, -0.25) is 0 Å². The number of para-hydroxylation sites is 2. The van der Waals surface area contributed by atoms with E-state index >= 15 is 0 Å². The van der Waals surface area contributed by atoms with Crippen molar-refractivity contribution in [1.29, 1.82) is 0 Å². The highest BCUT2D eigenvalue weighted by Crippen LogP contribution is 2.47. The molecule has 0 unspecified atom stereocenters. The van der Waals surface area contributed by atoms with Gasteiger partial charge in [0, 0.05) is 21.0 Å². The Kier molecular flexibility index (Phi) is 2.86. The summed E-state index contributed by atoms with van der Waals surface area (Å²) in [7, 11) is 0. The summed E-state index contributed by atoms with van der Waals surface area (Å²) in [6.07, 6.45) is 0. The lowest BCUT2D eigenvalue weighted by Crippen LogP contribution is -2.01. The second kappa shape index (κ2) is 4.86. The Morgan fingerprint density at radius 2 is 1.52 bits per heavy atom. The van der Waals surface area contributed by atoms with Gasteiger partial charge in [-0.1, -0.05) is 48.2 Å². The van der Waals surface area contributed by atoms with E-state index < -0.39 is 0 Å². The Morgan fingerprint density at radius 3 is 2.38 bits per heavy atom. The molecule has 0 atom stereocenters. The van der Waals surface area contributed by atoms with Gasteiger partial charge in [-0.15, -0.1) is 0 Å². The van der Waals surface area contributed by atoms with Crippen LogP contribution in [0, 0.1) is 0 Å². The van der Waals surface area contributed by atoms with Gasteiger partial charge in [0.1, 0.15) is 0 Å². The Morgan fingerprint density at radius 1 is 0.762 bits per heavy atom. The maximum atomic E-state index is 5.79. The molecule has 1 heterocycles. The minimum atomic E-state index is 0.788. The lowest BCUT2D eigenvalue weighted by molar-refractivity contribution is 1.31. The van der Waals surface area contributed by atoms with Crippen LogP contribution in [0.3, 0.4) is 0 Å². The second-order valence-electron chi connectivity index (χ2n) is 5.02. The number of benzene rings is 3. The van der Waals surface area contributed by atoms with Crippen LogP contribution >= 0.6 is 11.8 Å². The fraction of sp³-hybridized carbons (Fsp3) is 0. The monoisotopic (exact) mass is 290 g/mol. The molecule has 3 aromatic rings. The van der Waals surface area contributed by atoms with E-state index in [-0.39, 0.29) is 0 Å². The summed E-state index contributed by atoms with van der Waals surface area (Å²) in [5, 5.41) is 3.57. The van der Waals surface area contributed by atoms with E-state index in [0.717, 1.165) is 11.4 Å². The van der Waals surface area contributed by atoms with Crippen LogP contribution in [0.4, 0.5) is 17.1 Å². The van der Waals surface area contributed by atoms with Crippen molar-refractivity contribution in [1.82, 2.24) is 0 Å². The third-order valence-corrected chi connectivity index (χ3v) is 4.75. The summed E-state index contributed by atoms with van der Waals surface area (Å²) in [6.45, 7) is 0. The summed E-state index contributed by atoms with van der Waals surface area (Å²) in [4.78, 5) is 2.52. The predicted molar refractivity (Wildman–Crippen MR) is 90.1 cm³/mol. The Balaban J connectivity index is 1.84. The number of hydrogen-bond acceptors (Lipinski definition) is 3. The molecule has 0 aromatic heterocycles. The SMILES string of the molecule is Nc1ccc(-c2cccc3c2Nc2ccccc2S3)cc1. The summed E-state index contributed by atoms with van der Waals surface area (Å²) in [6, 6.07) is 22.8. The Labute approximate surface area is 128 Å². The van der Waals surface area contributed by atoms with Gasteiger partial charge in [0.15, 0.2) is 0 Å². The molecular formula is C18H14N2S. The van der Waals surface area contributed by atoms with Gasteiger partial charge in [-0.05, 0) is 35.9 Å². The molecule has 0 aliphatic carbocycles. The fourth-order valence-corrected chi connectivity index (χ4v) is 3.58. The number of rotatable bonds is 1. The average molecular weight is 290 g/mol. The largest absolute Gasteiger partial charge is 0.399 e. The molecule has 3 aromatic carbocycles. The number of nitrogen functional groups attached to an aromatic ring is 1. The third-order valence-electron chi connectivity index (χ3n) is 3.61. The fourth-order valence-electron chi connectivity index (χ4n) is 2.56. The van der Waals surface area contributed by atoms with Gasteiger partial charge < -0.3 is 11.1 Å².